The molecule has 1 saturated heterocycles. The molecule has 4 aliphatic heterocycles. The second kappa shape index (κ2) is 28.7. The van der Waals surface area contributed by atoms with Crippen LogP contribution in [-0.4, -0.2) is 190 Å². The summed E-state index contributed by atoms with van der Waals surface area (Å²) >= 11 is 4.67. The van der Waals surface area contributed by atoms with Gasteiger partial charge >= 0.3 is 11.9 Å². The quantitative estimate of drug-likeness (QED) is 0.0504. The van der Waals surface area contributed by atoms with E-state index >= 15 is 14.4 Å². The summed E-state index contributed by atoms with van der Waals surface area (Å²) in [6.45, 7) is 4.12. The van der Waals surface area contributed by atoms with E-state index in [0.717, 1.165) is 56.7 Å². The van der Waals surface area contributed by atoms with Gasteiger partial charge in [0.05, 0.1) is 67.8 Å². The predicted octanol–water partition coefficient (Wildman–Crippen LogP) is 2.98. The third kappa shape index (κ3) is 14.3. The number of carbonyl (C=O) groups excluding carboxylic acids is 8. The van der Waals surface area contributed by atoms with Gasteiger partial charge in [-0.1, -0.05) is 12.1 Å². The van der Waals surface area contributed by atoms with Crippen LogP contribution in [0.5, 0.6) is 5.75 Å². The number of primary amides is 1. The van der Waals surface area contributed by atoms with Crippen molar-refractivity contribution in [3.63, 3.8) is 0 Å². The second-order valence-electron chi connectivity index (χ2n) is 24.1. The van der Waals surface area contributed by atoms with Crippen molar-refractivity contribution < 1.29 is 87.3 Å². The molecule has 0 saturated carbocycles. The Hall–Kier alpha value is -9.32. The fourth-order valence-corrected chi connectivity index (χ4v) is 16.3. The highest BCUT2D eigenvalue weighted by molar-refractivity contribution is 7.14. The lowest BCUT2D eigenvalue weighted by Crippen LogP contribution is -2.62. The molecule has 33 nitrogen and oxygen atoms in total. The number of aliphatic hydroxyl groups excluding tert-OH is 1. The Labute approximate surface area is 586 Å². The van der Waals surface area contributed by atoms with E-state index in [2.05, 4.69) is 41.5 Å². The molecular weight excluding hydrogens is 1400 g/mol. The van der Waals surface area contributed by atoms with Crippen molar-refractivity contribution in [3.8, 4) is 38.4 Å². The Morgan fingerprint density at radius 1 is 0.860 bits per heavy atom. The van der Waals surface area contributed by atoms with Crippen LogP contribution in [0.3, 0.4) is 0 Å². The van der Waals surface area contributed by atoms with Crippen LogP contribution in [0.25, 0.3) is 49.3 Å². The number of nitrogens with one attached hydrogen (secondary N) is 5. The van der Waals surface area contributed by atoms with E-state index in [9.17, 15) is 44.5 Å². The highest BCUT2D eigenvalue weighted by atomic mass is 32.1. The number of amides is 6. The van der Waals surface area contributed by atoms with Crippen LogP contribution >= 0.6 is 56.7 Å². The van der Waals surface area contributed by atoms with Crippen molar-refractivity contribution in [2.75, 3.05) is 27.8 Å². The zero-order chi connectivity index (χ0) is 71.3. The van der Waals surface area contributed by atoms with Gasteiger partial charge in [-0.2, -0.15) is 4.73 Å². The highest BCUT2D eigenvalue weighted by Gasteiger charge is 2.50. The molecule has 0 aliphatic carbocycles. The van der Waals surface area contributed by atoms with E-state index in [0.29, 0.717) is 16.0 Å². The number of likely N-dealkylation sites (N-methyl/N-ethyl adjacent to an activating group) is 1. The molecule has 1 fully saturated rings. The number of pyridine rings is 1. The molecule has 0 spiro atoms. The number of benzene rings is 1. The van der Waals surface area contributed by atoms with Gasteiger partial charge in [0.15, 0.2) is 18.1 Å². The second-order valence-corrected chi connectivity index (χ2v) is 28.5. The fourth-order valence-electron chi connectivity index (χ4n) is 12.1. The maximum Gasteiger partial charge on any atom is 0.358 e. The molecular formula is C62H65N15O18S5. The number of fused-ring (bicyclic) bond motifs is 15. The third-order valence-corrected chi connectivity index (χ3v) is 21.3. The number of rotatable bonds is 11. The van der Waals surface area contributed by atoms with Crippen molar-refractivity contribution in [2.45, 2.75) is 127 Å². The first kappa shape index (κ1) is 70.5. The summed E-state index contributed by atoms with van der Waals surface area (Å²) in [6.07, 6.45) is -7.95. The number of methoxy groups -OCH3 is 1. The van der Waals surface area contributed by atoms with Crippen LogP contribution in [0.15, 0.2) is 56.9 Å². The van der Waals surface area contributed by atoms with Gasteiger partial charge in [0.1, 0.15) is 114 Å². The number of nitrogens with zero attached hydrogens (tertiary/aromatic N) is 8. The summed E-state index contributed by atoms with van der Waals surface area (Å²) < 4.78 is 38.3. The van der Waals surface area contributed by atoms with Crippen molar-refractivity contribution in [1.82, 2.24) is 66.1 Å². The Kier molecular flexibility index (Phi) is 20.3. The van der Waals surface area contributed by atoms with Gasteiger partial charge in [-0.3, -0.25) is 28.8 Å². The van der Waals surface area contributed by atoms with Crippen molar-refractivity contribution in [3.05, 3.63) is 112 Å². The number of aliphatic hydroxyl groups is 2. The Bertz CT molecular complexity index is 4590. The van der Waals surface area contributed by atoms with Gasteiger partial charge in [-0.15, -0.1) is 56.7 Å². The lowest BCUT2D eigenvalue weighted by molar-refractivity contribution is -0.280. The van der Waals surface area contributed by atoms with Crippen LogP contribution in [-0.2, 0) is 67.4 Å². The van der Waals surface area contributed by atoms with Crippen LogP contribution in [0.2, 0.25) is 0 Å². The molecule has 100 heavy (non-hydrogen) atoms. The smallest absolute Gasteiger partial charge is 0.358 e. The van der Waals surface area contributed by atoms with Crippen molar-refractivity contribution in [1.29, 1.82) is 0 Å². The summed E-state index contributed by atoms with van der Waals surface area (Å²) in [5.41, 5.74) is 9.03. The minimum Gasteiger partial charge on any atom is -0.506 e. The van der Waals surface area contributed by atoms with E-state index in [1.54, 1.807) is 55.7 Å². The van der Waals surface area contributed by atoms with E-state index in [4.69, 9.17) is 54.8 Å². The number of carbonyl (C=O) groups is 8. The number of ether oxygens (including phenoxy) is 6. The number of cyclic esters (lactones) is 2. The third-order valence-electron chi connectivity index (χ3n) is 16.8. The zero-order valence-corrected chi connectivity index (χ0v) is 58.1. The first-order chi connectivity index (χ1) is 47.7. The molecule has 12 bridgehead atoms. The molecule has 12 rings (SSSR count). The Morgan fingerprint density at radius 2 is 1.53 bits per heavy atom. The van der Waals surface area contributed by atoms with Crippen molar-refractivity contribution >= 4 is 121 Å². The molecule has 11 heterocycles. The van der Waals surface area contributed by atoms with E-state index < -0.39 is 152 Å². The number of hydrogen-bond acceptors (Lipinski definition) is 31. The molecule has 13 N–H and O–H groups in total. The standard InChI is InChI=1S/C62H65N15O18S5/c1-23(78)41-54(85)74-42(24(2)90-7)57-70-35(22-99-57)53(84)75-45-47-48(95-39-13-62(4,88)49(76(5)6)25(3)94-39)61(87)92-15-26-9-8-10-36-40(26)29(16-91-47)46(77(36)89)60(86)93-17-31(67-51(82)33-21-100-59(45)71-33)56-68-32(19-98-56)43-28(55-69-34(20-97-55)52(83)73-41)11-37(79)44(72-43)58-66-27(18-96-58)14-65-50(81)30(63)12-38(64)80/h8-11,18-23,25,30-31,39,41,45,47-49,78-79,88-89H,12-17,63H2,1-7H3,(H2,64,80)(H,65,81)(H,67,82)(H,73,83)(H,74,85)(H,75,84)/b42-24+. The van der Waals surface area contributed by atoms with Crippen LogP contribution in [0.1, 0.15) is 126 Å². The maximum atomic E-state index is 15.2. The van der Waals surface area contributed by atoms with Crippen LogP contribution in [0.4, 0.5) is 0 Å². The molecule has 11 atom stereocenters. The molecule has 8 aromatic rings. The Balaban J connectivity index is 1.02. The molecule has 6 amide bonds. The van der Waals surface area contributed by atoms with Gasteiger partial charge in [-0.25, -0.2) is 39.5 Å². The maximum absolute atomic E-state index is 15.2. The minimum absolute atomic E-state index is 0.0147. The largest absolute Gasteiger partial charge is 0.506 e. The van der Waals surface area contributed by atoms with Gasteiger partial charge in [-0.05, 0) is 59.5 Å². The SMILES string of the molecule is CO/C(C)=C1/NC(=O)C(C(C)O)NC(=O)c2csc(n2)-c2cc(O)c(-c3nc(CNC(=O)C(N)CC(N)=O)cs3)nc2-c2csc(n2)C2COC(=O)c3c4c5c(cccc5n3O)COC(=O)C(OC3CC(C)(O)C(N(C)C)C(C)O3)C(OC4)C(NC(=O)c3csc1n3)c1nc(cs1)C(=O)N2. The summed E-state index contributed by atoms with van der Waals surface area (Å²) in [4.78, 5) is 143. The lowest BCUT2D eigenvalue weighted by atomic mass is 9.85. The molecule has 0 radical (unpaired) electrons. The minimum atomic E-state index is -1.92. The molecule has 7 aromatic heterocycles. The molecule has 526 valence electrons. The van der Waals surface area contributed by atoms with Gasteiger partial charge in [0.2, 0.25) is 17.7 Å². The summed E-state index contributed by atoms with van der Waals surface area (Å²) in [5.74, 6) is -7.75. The van der Waals surface area contributed by atoms with E-state index in [1.165, 1.54) is 49.2 Å². The van der Waals surface area contributed by atoms with E-state index in [1.807, 2.05) is 0 Å². The lowest BCUT2D eigenvalue weighted by Gasteiger charge is -2.48. The fraction of sp³-hybridized carbons (Fsp3) is 0.387. The topological polar surface area (TPSA) is 471 Å². The molecule has 4 aliphatic rings. The first-order valence-corrected chi connectivity index (χ1v) is 35.1. The summed E-state index contributed by atoms with van der Waals surface area (Å²) in [6, 6.07) is -0.506. The monoisotopic (exact) mass is 1470 g/mol. The number of allylic oxidation sites excluding steroid dienone is 1. The number of thiazole rings is 5. The number of hydrogen-bond donors (Lipinski definition) is 11. The number of nitrogens with two attached hydrogens (primary N) is 2. The number of esters is 2. The van der Waals surface area contributed by atoms with Gasteiger partial charge in [0.25, 0.3) is 17.7 Å². The first-order valence-electron chi connectivity index (χ1n) is 30.7. The van der Waals surface area contributed by atoms with E-state index in [-0.39, 0.29) is 106 Å². The average Bonchev–Trinajstić information content (AvgIpc) is 1.59. The molecule has 38 heteroatoms. The predicted molar refractivity (Wildman–Crippen MR) is 358 cm³/mol. The number of aromatic nitrogens is 7. The van der Waals surface area contributed by atoms with Gasteiger partial charge in [0, 0.05) is 49.8 Å². The zero-order valence-electron chi connectivity index (χ0n) is 54.0. The average molecular weight is 1470 g/mol. The number of aromatic hydroxyl groups is 1. The van der Waals surface area contributed by atoms with Crippen LogP contribution < -0.4 is 38.1 Å². The normalized spacial score (nSPS) is 24.1. The van der Waals surface area contributed by atoms with Crippen LogP contribution in [0, 0.1) is 0 Å². The molecule has 11 unspecified atom stereocenters. The highest BCUT2D eigenvalue weighted by Crippen LogP contribution is 2.43. The van der Waals surface area contributed by atoms with Gasteiger partial charge < -0.3 is 91.9 Å². The van der Waals surface area contributed by atoms with Crippen molar-refractivity contribution in [2.24, 2.45) is 11.5 Å². The summed E-state index contributed by atoms with van der Waals surface area (Å²) in [7, 11) is 4.84. The summed E-state index contributed by atoms with van der Waals surface area (Å²) in [5, 5.41) is 68.4. The Morgan fingerprint density at radius 3 is 2.25 bits per heavy atom. The molecule has 1 aromatic carbocycles.